The summed E-state index contributed by atoms with van der Waals surface area (Å²) in [5.74, 6) is 0.635. The van der Waals surface area contributed by atoms with Gasteiger partial charge in [0, 0.05) is 19.3 Å². The van der Waals surface area contributed by atoms with E-state index in [0.717, 1.165) is 13.1 Å². The molecule has 106 valence electrons. The number of pyridine rings is 1. The molecule has 0 spiro atoms. The normalized spacial score (nSPS) is 11.1. The first kappa shape index (κ1) is 15.3. The van der Waals surface area contributed by atoms with Crippen molar-refractivity contribution in [2.75, 3.05) is 23.7 Å². The second-order valence-electron chi connectivity index (χ2n) is 5.63. The van der Waals surface area contributed by atoms with E-state index in [1.165, 1.54) is 12.3 Å². The molecule has 0 atom stereocenters. The Balaban J connectivity index is 3.04. The molecule has 0 saturated carbocycles. The van der Waals surface area contributed by atoms with Crippen LogP contribution in [0.5, 0.6) is 0 Å². The summed E-state index contributed by atoms with van der Waals surface area (Å²) in [6.45, 7) is 10.2. The molecule has 0 aliphatic rings. The van der Waals surface area contributed by atoms with E-state index in [0.29, 0.717) is 23.3 Å². The number of aromatic nitrogens is 1. The average Bonchev–Trinajstić information content (AvgIpc) is 2.26. The van der Waals surface area contributed by atoms with Gasteiger partial charge in [-0.3, -0.25) is 0 Å². The number of aromatic carboxylic acids is 1. The highest BCUT2D eigenvalue weighted by molar-refractivity contribution is 5.89. The lowest BCUT2D eigenvalue weighted by atomic mass is 10.1. The molecule has 0 aliphatic heterocycles. The number of carboxylic acid groups (broad SMARTS) is 1. The molecule has 0 amide bonds. The summed E-state index contributed by atoms with van der Waals surface area (Å²) < 4.78 is 0. The van der Waals surface area contributed by atoms with Crippen molar-refractivity contribution in [3.05, 3.63) is 17.8 Å². The van der Waals surface area contributed by atoms with E-state index in [4.69, 9.17) is 10.8 Å². The van der Waals surface area contributed by atoms with Gasteiger partial charge in [-0.1, -0.05) is 27.7 Å². The van der Waals surface area contributed by atoms with Crippen molar-refractivity contribution in [3.8, 4) is 0 Å². The molecule has 1 rings (SSSR count). The molecule has 0 aliphatic carbocycles. The zero-order valence-corrected chi connectivity index (χ0v) is 12.1. The molecule has 0 fully saturated rings. The summed E-state index contributed by atoms with van der Waals surface area (Å²) in [6, 6.07) is 1.47. The Hall–Kier alpha value is -1.78. The summed E-state index contributed by atoms with van der Waals surface area (Å²) in [5.41, 5.74) is 6.48. The van der Waals surface area contributed by atoms with E-state index < -0.39 is 5.97 Å². The van der Waals surface area contributed by atoms with Crippen LogP contribution < -0.4 is 10.6 Å². The van der Waals surface area contributed by atoms with Gasteiger partial charge in [-0.15, -0.1) is 0 Å². The fraction of sp³-hybridized carbons (Fsp3) is 0.571. The zero-order valence-electron chi connectivity index (χ0n) is 12.1. The fourth-order valence-corrected chi connectivity index (χ4v) is 1.98. The monoisotopic (exact) mass is 265 g/mol. The Bertz CT molecular complexity index is 434. The van der Waals surface area contributed by atoms with Crippen molar-refractivity contribution < 1.29 is 9.90 Å². The van der Waals surface area contributed by atoms with Crippen LogP contribution in [0.25, 0.3) is 0 Å². The third-order valence-electron chi connectivity index (χ3n) is 2.61. The van der Waals surface area contributed by atoms with Crippen molar-refractivity contribution in [2.45, 2.75) is 27.7 Å². The van der Waals surface area contributed by atoms with E-state index >= 15 is 0 Å². The summed E-state index contributed by atoms with van der Waals surface area (Å²) in [6.07, 6.45) is 1.36. The molecule has 0 bridgehead atoms. The fourth-order valence-electron chi connectivity index (χ4n) is 1.98. The largest absolute Gasteiger partial charge is 0.478 e. The molecule has 0 aromatic carbocycles. The highest BCUT2D eigenvalue weighted by Gasteiger charge is 2.16. The van der Waals surface area contributed by atoms with Crippen molar-refractivity contribution in [1.29, 1.82) is 0 Å². The summed E-state index contributed by atoms with van der Waals surface area (Å²) in [5, 5.41) is 8.92. The van der Waals surface area contributed by atoms with Crippen molar-refractivity contribution in [1.82, 2.24) is 4.98 Å². The molecular formula is C14H23N3O2. The Morgan fingerprint density at radius 3 is 2.21 bits per heavy atom. The van der Waals surface area contributed by atoms with Gasteiger partial charge in [-0.25, -0.2) is 9.78 Å². The molecule has 5 nitrogen and oxygen atoms in total. The van der Waals surface area contributed by atoms with Crippen LogP contribution >= 0.6 is 0 Å². The first-order valence-electron chi connectivity index (χ1n) is 6.55. The van der Waals surface area contributed by atoms with Crippen LogP contribution in [0, 0.1) is 11.8 Å². The van der Waals surface area contributed by atoms with E-state index in [2.05, 4.69) is 37.6 Å². The van der Waals surface area contributed by atoms with Gasteiger partial charge < -0.3 is 15.7 Å². The number of hydrogen-bond donors (Lipinski definition) is 2. The number of hydrogen-bond acceptors (Lipinski definition) is 4. The molecule has 0 saturated heterocycles. The lowest BCUT2D eigenvalue weighted by Gasteiger charge is -2.28. The van der Waals surface area contributed by atoms with Gasteiger partial charge in [0.25, 0.3) is 0 Å². The SMILES string of the molecule is CC(C)CN(CC(C)C)c1ncc(C(=O)O)cc1N. The minimum Gasteiger partial charge on any atom is -0.478 e. The van der Waals surface area contributed by atoms with Crippen LogP contribution in [-0.4, -0.2) is 29.1 Å². The number of anilines is 2. The standard InChI is InChI=1S/C14H23N3O2/c1-9(2)7-17(8-10(3)4)13-12(15)5-11(6-16-13)14(18)19/h5-6,9-10H,7-8,15H2,1-4H3,(H,18,19). The minimum absolute atomic E-state index is 0.121. The molecule has 1 heterocycles. The van der Waals surface area contributed by atoms with Gasteiger partial charge in [-0.05, 0) is 17.9 Å². The third kappa shape index (κ3) is 4.43. The molecular weight excluding hydrogens is 242 g/mol. The number of carbonyl (C=O) groups is 1. The first-order chi connectivity index (χ1) is 8.81. The second kappa shape index (κ2) is 6.41. The topological polar surface area (TPSA) is 79.5 Å². The van der Waals surface area contributed by atoms with E-state index in [9.17, 15) is 4.79 Å². The Morgan fingerprint density at radius 1 is 1.32 bits per heavy atom. The Morgan fingerprint density at radius 2 is 1.84 bits per heavy atom. The average molecular weight is 265 g/mol. The molecule has 5 heteroatoms. The predicted molar refractivity (Wildman–Crippen MR) is 77.5 cm³/mol. The third-order valence-corrected chi connectivity index (χ3v) is 2.61. The summed E-state index contributed by atoms with van der Waals surface area (Å²) in [7, 11) is 0. The molecule has 1 aromatic heterocycles. The van der Waals surface area contributed by atoms with Crippen molar-refractivity contribution in [3.63, 3.8) is 0 Å². The first-order valence-corrected chi connectivity index (χ1v) is 6.55. The molecule has 0 radical (unpaired) electrons. The van der Waals surface area contributed by atoms with Gasteiger partial charge in [0.05, 0.1) is 11.3 Å². The highest BCUT2D eigenvalue weighted by atomic mass is 16.4. The van der Waals surface area contributed by atoms with E-state index in [1.54, 1.807) is 0 Å². The smallest absolute Gasteiger partial charge is 0.337 e. The molecule has 1 aromatic rings. The zero-order chi connectivity index (χ0) is 14.6. The molecule has 3 N–H and O–H groups in total. The molecule has 0 unspecified atom stereocenters. The number of rotatable bonds is 6. The van der Waals surface area contributed by atoms with Crippen LogP contribution in [0.4, 0.5) is 11.5 Å². The maximum Gasteiger partial charge on any atom is 0.337 e. The van der Waals surface area contributed by atoms with Gasteiger partial charge in [-0.2, -0.15) is 0 Å². The van der Waals surface area contributed by atoms with Crippen molar-refractivity contribution >= 4 is 17.5 Å². The number of nitrogens with zero attached hydrogens (tertiary/aromatic N) is 2. The lowest BCUT2D eigenvalue weighted by molar-refractivity contribution is 0.0696. The summed E-state index contributed by atoms with van der Waals surface area (Å²) >= 11 is 0. The number of nitrogen functional groups attached to an aromatic ring is 1. The van der Waals surface area contributed by atoms with Crippen LogP contribution in [0.1, 0.15) is 38.1 Å². The van der Waals surface area contributed by atoms with Crippen molar-refractivity contribution in [2.24, 2.45) is 11.8 Å². The van der Waals surface area contributed by atoms with Crippen LogP contribution in [0.3, 0.4) is 0 Å². The van der Waals surface area contributed by atoms with Gasteiger partial charge in [0.2, 0.25) is 0 Å². The van der Waals surface area contributed by atoms with Gasteiger partial charge in [0.15, 0.2) is 5.82 Å². The predicted octanol–water partition coefficient (Wildman–Crippen LogP) is 2.48. The van der Waals surface area contributed by atoms with Gasteiger partial charge >= 0.3 is 5.97 Å². The summed E-state index contributed by atoms with van der Waals surface area (Å²) in [4.78, 5) is 17.2. The molecule has 19 heavy (non-hydrogen) atoms. The minimum atomic E-state index is -1.01. The van der Waals surface area contributed by atoms with Crippen LogP contribution in [0.2, 0.25) is 0 Å². The highest BCUT2D eigenvalue weighted by Crippen LogP contribution is 2.23. The maximum absolute atomic E-state index is 10.9. The Kier molecular flexibility index (Phi) is 5.15. The van der Waals surface area contributed by atoms with Crippen LogP contribution in [-0.2, 0) is 0 Å². The number of nitrogens with two attached hydrogens (primary N) is 1. The lowest BCUT2D eigenvalue weighted by Crippen LogP contribution is -2.32. The Labute approximate surface area is 114 Å². The maximum atomic E-state index is 10.9. The quantitative estimate of drug-likeness (QED) is 0.826. The van der Waals surface area contributed by atoms with E-state index in [1.807, 2.05) is 0 Å². The van der Waals surface area contributed by atoms with Gasteiger partial charge in [0.1, 0.15) is 0 Å². The number of carboxylic acids is 1. The second-order valence-corrected chi connectivity index (χ2v) is 5.63. The van der Waals surface area contributed by atoms with Crippen LogP contribution in [0.15, 0.2) is 12.3 Å². The van der Waals surface area contributed by atoms with E-state index in [-0.39, 0.29) is 5.56 Å².